The van der Waals surface area contributed by atoms with Gasteiger partial charge in [0.05, 0.1) is 5.56 Å². The molecular weight excluding hydrogens is 184 g/mol. The van der Waals surface area contributed by atoms with Gasteiger partial charge in [-0.1, -0.05) is 0 Å². The number of aromatic amines is 2. The van der Waals surface area contributed by atoms with Gasteiger partial charge in [-0.25, -0.2) is 4.98 Å². The molecule has 3 N–H and O–H groups in total. The minimum absolute atomic E-state index is 0.195. The number of imidazole rings is 1. The number of nitrogens with one attached hydrogen (secondary N) is 2. The molecule has 0 spiro atoms. The molecule has 2 heterocycles. The van der Waals surface area contributed by atoms with Gasteiger partial charge in [-0.15, -0.1) is 0 Å². The Balaban J connectivity index is 2.63. The predicted molar refractivity (Wildman–Crippen MR) is 48.8 cm³/mol. The Morgan fingerprint density at radius 3 is 2.79 bits per heavy atom. The monoisotopic (exact) mass is 192 g/mol. The van der Waals surface area contributed by atoms with Crippen LogP contribution in [0.3, 0.4) is 0 Å². The molecule has 72 valence electrons. The number of H-pyrrole nitrogens is 2. The Hall–Kier alpha value is -2.11. The molecule has 0 aliphatic carbocycles. The first kappa shape index (κ1) is 8.49. The Morgan fingerprint density at radius 1 is 1.43 bits per heavy atom. The van der Waals surface area contributed by atoms with E-state index in [2.05, 4.69) is 19.9 Å². The van der Waals surface area contributed by atoms with Gasteiger partial charge in [-0.2, -0.15) is 4.98 Å². The average molecular weight is 192 g/mol. The third-order valence-electron chi connectivity index (χ3n) is 1.85. The minimum Gasteiger partial charge on any atom is -0.493 e. The molecule has 0 aliphatic heterocycles. The van der Waals surface area contributed by atoms with Crippen LogP contribution in [0, 0.1) is 6.92 Å². The summed E-state index contributed by atoms with van der Waals surface area (Å²) in [6.45, 7) is 1.49. The number of nitrogens with zero attached hydrogens (tertiary/aromatic N) is 2. The minimum atomic E-state index is -0.371. The van der Waals surface area contributed by atoms with Gasteiger partial charge in [0.15, 0.2) is 11.6 Å². The quantitative estimate of drug-likeness (QED) is 0.600. The van der Waals surface area contributed by atoms with Crippen LogP contribution >= 0.6 is 0 Å². The lowest BCUT2D eigenvalue weighted by Crippen LogP contribution is -2.12. The predicted octanol–water partition coefficient (Wildman–Crippen LogP) is 0.174. The Kier molecular flexibility index (Phi) is 1.81. The van der Waals surface area contributed by atoms with Crippen LogP contribution in [0.5, 0.6) is 5.88 Å². The Labute approximate surface area is 78.7 Å². The summed E-state index contributed by atoms with van der Waals surface area (Å²) in [6.07, 6.45) is 3.14. The molecule has 0 radical (unpaired) electrons. The zero-order valence-corrected chi connectivity index (χ0v) is 7.40. The molecule has 2 rings (SSSR count). The summed E-state index contributed by atoms with van der Waals surface area (Å²) in [5.41, 5.74) is -0.177. The van der Waals surface area contributed by atoms with Gasteiger partial charge < -0.3 is 15.1 Å². The fraction of sp³-hybridized carbons (Fsp3) is 0.125. The normalized spacial score (nSPS) is 10.4. The van der Waals surface area contributed by atoms with Crippen molar-refractivity contribution in [1.82, 2.24) is 19.9 Å². The lowest BCUT2D eigenvalue weighted by molar-refractivity contribution is 0.447. The van der Waals surface area contributed by atoms with E-state index < -0.39 is 0 Å². The summed E-state index contributed by atoms with van der Waals surface area (Å²) in [4.78, 5) is 24.2. The number of hydrogen-bond acceptors (Lipinski definition) is 4. The van der Waals surface area contributed by atoms with E-state index in [-0.39, 0.29) is 22.8 Å². The number of aromatic hydroxyl groups is 1. The van der Waals surface area contributed by atoms with Crippen LogP contribution in [0.2, 0.25) is 0 Å². The van der Waals surface area contributed by atoms with Gasteiger partial charge in [0, 0.05) is 12.4 Å². The number of aromatic nitrogens is 4. The first-order valence-electron chi connectivity index (χ1n) is 3.98. The molecular formula is C8H8N4O2. The molecule has 0 fully saturated rings. The molecule has 0 unspecified atom stereocenters. The van der Waals surface area contributed by atoms with Crippen LogP contribution in [-0.2, 0) is 0 Å². The fourth-order valence-corrected chi connectivity index (χ4v) is 1.03. The van der Waals surface area contributed by atoms with Crippen molar-refractivity contribution >= 4 is 0 Å². The van der Waals surface area contributed by atoms with Crippen molar-refractivity contribution in [3.8, 4) is 17.5 Å². The SMILES string of the molecule is Cc1c(O)nc(-c2ncc[nH]2)[nH]c1=O. The second-order valence-corrected chi connectivity index (χ2v) is 2.80. The Bertz CT molecular complexity index is 501. The standard InChI is InChI=1S/C8H8N4O2/c1-4-7(13)11-6(12-8(4)14)5-9-2-3-10-5/h2-3H,1H3,(H,9,10)(H2,11,12,13,14). The van der Waals surface area contributed by atoms with Crippen LogP contribution in [0.1, 0.15) is 5.56 Å². The number of hydrogen-bond donors (Lipinski definition) is 3. The summed E-state index contributed by atoms with van der Waals surface area (Å²) in [5.74, 6) is 0.362. The van der Waals surface area contributed by atoms with Crippen molar-refractivity contribution in [3.05, 3.63) is 28.3 Å². The van der Waals surface area contributed by atoms with Crippen molar-refractivity contribution in [2.45, 2.75) is 6.92 Å². The summed E-state index contributed by atoms with van der Waals surface area (Å²) in [5, 5.41) is 9.31. The fourth-order valence-electron chi connectivity index (χ4n) is 1.03. The molecule has 0 aromatic carbocycles. The highest BCUT2D eigenvalue weighted by Crippen LogP contribution is 2.12. The maximum Gasteiger partial charge on any atom is 0.257 e. The van der Waals surface area contributed by atoms with E-state index in [1.54, 1.807) is 6.20 Å². The zero-order chi connectivity index (χ0) is 10.1. The van der Waals surface area contributed by atoms with Gasteiger partial charge in [-0.3, -0.25) is 4.79 Å². The van der Waals surface area contributed by atoms with Crippen LogP contribution in [0.4, 0.5) is 0 Å². The molecule has 0 saturated carbocycles. The first-order valence-corrected chi connectivity index (χ1v) is 3.98. The zero-order valence-electron chi connectivity index (χ0n) is 7.40. The second-order valence-electron chi connectivity index (χ2n) is 2.80. The molecule has 0 bridgehead atoms. The largest absolute Gasteiger partial charge is 0.493 e. The topological polar surface area (TPSA) is 94.7 Å². The van der Waals surface area contributed by atoms with Crippen LogP contribution in [0.15, 0.2) is 17.2 Å². The van der Waals surface area contributed by atoms with E-state index in [1.165, 1.54) is 13.1 Å². The summed E-state index contributed by atoms with van der Waals surface area (Å²) >= 11 is 0. The smallest absolute Gasteiger partial charge is 0.257 e. The van der Waals surface area contributed by atoms with Gasteiger partial charge >= 0.3 is 0 Å². The highest BCUT2D eigenvalue weighted by molar-refractivity contribution is 5.44. The van der Waals surface area contributed by atoms with E-state index in [1.807, 2.05) is 0 Å². The molecule has 0 amide bonds. The lowest BCUT2D eigenvalue weighted by atomic mass is 10.3. The average Bonchev–Trinajstić information content (AvgIpc) is 2.66. The molecule has 6 nitrogen and oxygen atoms in total. The molecule has 2 aromatic rings. The molecule has 0 atom stereocenters. The summed E-state index contributed by atoms with van der Waals surface area (Å²) < 4.78 is 0. The third-order valence-corrected chi connectivity index (χ3v) is 1.85. The van der Waals surface area contributed by atoms with Crippen LogP contribution in [-0.4, -0.2) is 25.0 Å². The van der Waals surface area contributed by atoms with Crippen molar-refractivity contribution < 1.29 is 5.11 Å². The second kappa shape index (κ2) is 2.99. The van der Waals surface area contributed by atoms with E-state index in [0.717, 1.165) is 0 Å². The van der Waals surface area contributed by atoms with E-state index >= 15 is 0 Å². The first-order chi connectivity index (χ1) is 6.68. The molecule has 6 heteroatoms. The molecule has 14 heavy (non-hydrogen) atoms. The van der Waals surface area contributed by atoms with Gasteiger partial charge in [-0.05, 0) is 6.92 Å². The van der Waals surface area contributed by atoms with Crippen molar-refractivity contribution in [1.29, 1.82) is 0 Å². The van der Waals surface area contributed by atoms with E-state index in [4.69, 9.17) is 0 Å². The van der Waals surface area contributed by atoms with Gasteiger partial charge in [0.1, 0.15) is 0 Å². The van der Waals surface area contributed by atoms with Crippen molar-refractivity contribution in [2.24, 2.45) is 0 Å². The lowest BCUT2D eigenvalue weighted by Gasteiger charge is -1.99. The van der Waals surface area contributed by atoms with Crippen LogP contribution < -0.4 is 5.56 Å². The van der Waals surface area contributed by atoms with E-state index in [0.29, 0.717) is 5.82 Å². The molecule has 2 aromatic heterocycles. The highest BCUT2D eigenvalue weighted by Gasteiger charge is 2.08. The van der Waals surface area contributed by atoms with Gasteiger partial charge in [0.25, 0.3) is 5.56 Å². The maximum atomic E-state index is 11.3. The highest BCUT2D eigenvalue weighted by atomic mass is 16.3. The molecule has 0 saturated heterocycles. The maximum absolute atomic E-state index is 11.3. The number of rotatable bonds is 1. The molecule has 0 aliphatic rings. The van der Waals surface area contributed by atoms with E-state index in [9.17, 15) is 9.90 Å². The van der Waals surface area contributed by atoms with Crippen molar-refractivity contribution in [2.75, 3.05) is 0 Å². The summed E-state index contributed by atoms with van der Waals surface area (Å²) in [7, 11) is 0. The van der Waals surface area contributed by atoms with Crippen LogP contribution in [0.25, 0.3) is 11.6 Å². The van der Waals surface area contributed by atoms with Gasteiger partial charge in [0.2, 0.25) is 5.88 Å². The third kappa shape index (κ3) is 1.26. The Morgan fingerprint density at radius 2 is 2.21 bits per heavy atom. The van der Waals surface area contributed by atoms with Crippen molar-refractivity contribution in [3.63, 3.8) is 0 Å². The summed E-state index contributed by atoms with van der Waals surface area (Å²) in [6, 6.07) is 0.